The van der Waals surface area contributed by atoms with Crippen LogP contribution < -0.4 is 5.73 Å². The molecule has 0 heterocycles. The molecule has 0 aromatic carbocycles. The van der Waals surface area contributed by atoms with Crippen molar-refractivity contribution in [3.8, 4) is 0 Å². The van der Waals surface area contributed by atoms with Crippen molar-refractivity contribution in [2.45, 2.75) is 52.0 Å². The summed E-state index contributed by atoms with van der Waals surface area (Å²) < 4.78 is 0. The number of hydrogen-bond donors (Lipinski definition) is 1. The summed E-state index contributed by atoms with van der Waals surface area (Å²) in [5, 5.41) is 0. The summed E-state index contributed by atoms with van der Waals surface area (Å²) in [6, 6.07) is 0.406. The minimum absolute atomic E-state index is 0.406. The highest BCUT2D eigenvalue weighted by Gasteiger charge is 2.22. The molecule has 0 aliphatic heterocycles. The number of rotatable bonds is 1. The second-order valence-electron chi connectivity index (χ2n) is 4.14. The molecule has 0 aromatic rings. The van der Waals surface area contributed by atoms with E-state index in [0.29, 0.717) is 6.04 Å². The van der Waals surface area contributed by atoms with Crippen molar-refractivity contribution in [1.82, 2.24) is 0 Å². The molecular formula is C10H21N. The van der Waals surface area contributed by atoms with E-state index in [0.717, 1.165) is 11.8 Å². The quantitative estimate of drug-likeness (QED) is 0.579. The van der Waals surface area contributed by atoms with E-state index in [4.69, 9.17) is 5.73 Å². The van der Waals surface area contributed by atoms with Crippen LogP contribution >= 0.6 is 0 Å². The van der Waals surface area contributed by atoms with Crippen LogP contribution in [0.2, 0.25) is 0 Å². The predicted octanol–water partition coefficient (Wildman–Crippen LogP) is 2.55. The van der Waals surface area contributed by atoms with Gasteiger partial charge in [0.1, 0.15) is 0 Å². The van der Waals surface area contributed by atoms with E-state index in [2.05, 4.69) is 13.8 Å². The zero-order chi connectivity index (χ0) is 8.27. The zero-order valence-corrected chi connectivity index (χ0v) is 7.84. The molecule has 1 aliphatic carbocycles. The van der Waals surface area contributed by atoms with Gasteiger partial charge in [-0.2, -0.15) is 0 Å². The maximum absolute atomic E-state index is 5.93. The molecule has 1 saturated carbocycles. The maximum Gasteiger partial charge on any atom is 0.00413 e. The number of hydrogen-bond acceptors (Lipinski definition) is 1. The van der Waals surface area contributed by atoms with Gasteiger partial charge in [0, 0.05) is 6.04 Å². The van der Waals surface area contributed by atoms with Crippen LogP contribution in [0.1, 0.15) is 46.0 Å². The molecule has 1 aliphatic rings. The zero-order valence-electron chi connectivity index (χ0n) is 7.84. The lowest BCUT2D eigenvalue weighted by Crippen LogP contribution is -2.30. The molecule has 0 saturated heterocycles. The lowest BCUT2D eigenvalue weighted by atomic mass is 9.85. The van der Waals surface area contributed by atoms with Gasteiger partial charge in [-0.1, -0.05) is 32.6 Å². The van der Waals surface area contributed by atoms with Crippen molar-refractivity contribution >= 4 is 0 Å². The highest BCUT2D eigenvalue weighted by atomic mass is 14.6. The molecular weight excluding hydrogens is 134 g/mol. The van der Waals surface area contributed by atoms with Crippen LogP contribution in [-0.4, -0.2) is 6.04 Å². The lowest BCUT2D eigenvalue weighted by Gasteiger charge is -2.24. The van der Waals surface area contributed by atoms with E-state index in [1.807, 2.05) is 0 Å². The van der Waals surface area contributed by atoms with Crippen LogP contribution in [0.3, 0.4) is 0 Å². The molecule has 11 heavy (non-hydrogen) atoms. The smallest absolute Gasteiger partial charge is 0.00413 e. The minimum Gasteiger partial charge on any atom is -0.328 e. The Bertz CT molecular complexity index is 109. The first-order chi connectivity index (χ1) is 5.22. The normalized spacial score (nSPS) is 36.3. The van der Waals surface area contributed by atoms with Gasteiger partial charge in [0.05, 0.1) is 0 Å². The van der Waals surface area contributed by atoms with Gasteiger partial charge in [-0.05, 0) is 25.2 Å². The van der Waals surface area contributed by atoms with Crippen LogP contribution in [0.4, 0.5) is 0 Å². The van der Waals surface area contributed by atoms with Crippen molar-refractivity contribution < 1.29 is 0 Å². The Labute approximate surface area is 70.4 Å². The molecule has 66 valence electrons. The summed E-state index contributed by atoms with van der Waals surface area (Å²) in [6.45, 7) is 4.52. The maximum atomic E-state index is 5.93. The first-order valence-electron chi connectivity index (χ1n) is 4.97. The molecule has 1 rings (SSSR count). The van der Waals surface area contributed by atoms with Crippen LogP contribution in [0, 0.1) is 11.8 Å². The monoisotopic (exact) mass is 155 g/mol. The summed E-state index contributed by atoms with van der Waals surface area (Å²) in [6.07, 6.45) is 7.00. The Hall–Kier alpha value is -0.0400. The summed E-state index contributed by atoms with van der Waals surface area (Å²) in [5.74, 6) is 1.65. The van der Waals surface area contributed by atoms with Gasteiger partial charge in [-0.3, -0.25) is 0 Å². The fourth-order valence-corrected chi connectivity index (χ4v) is 2.30. The highest BCUT2D eigenvalue weighted by Crippen LogP contribution is 2.29. The molecule has 2 N–H and O–H groups in total. The molecule has 0 bridgehead atoms. The lowest BCUT2D eigenvalue weighted by molar-refractivity contribution is 0.294. The largest absolute Gasteiger partial charge is 0.328 e. The fourth-order valence-electron chi connectivity index (χ4n) is 2.30. The third-order valence-corrected chi connectivity index (χ3v) is 3.10. The van der Waals surface area contributed by atoms with E-state index in [-0.39, 0.29) is 0 Å². The van der Waals surface area contributed by atoms with Crippen LogP contribution in [0.15, 0.2) is 0 Å². The fraction of sp³-hybridized carbons (Fsp3) is 1.00. The second kappa shape index (κ2) is 4.10. The Kier molecular flexibility index (Phi) is 3.38. The Balaban J connectivity index is 2.45. The van der Waals surface area contributed by atoms with Gasteiger partial charge in [-0.25, -0.2) is 0 Å². The first-order valence-corrected chi connectivity index (χ1v) is 4.97. The van der Waals surface area contributed by atoms with Gasteiger partial charge in [0.2, 0.25) is 0 Å². The van der Waals surface area contributed by atoms with E-state index in [1.54, 1.807) is 0 Å². The Morgan fingerprint density at radius 3 is 2.45 bits per heavy atom. The summed E-state index contributed by atoms with van der Waals surface area (Å²) in [7, 11) is 0. The van der Waals surface area contributed by atoms with Gasteiger partial charge >= 0.3 is 0 Å². The number of nitrogens with two attached hydrogens (primary N) is 1. The van der Waals surface area contributed by atoms with Gasteiger partial charge in [-0.15, -0.1) is 0 Å². The van der Waals surface area contributed by atoms with Crippen molar-refractivity contribution in [3.05, 3.63) is 0 Å². The molecule has 1 nitrogen and oxygen atoms in total. The Morgan fingerprint density at radius 1 is 1.18 bits per heavy atom. The summed E-state index contributed by atoms with van der Waals surface area (Å²) in [4.78, 5) is 0. The molecule has 1 heteroatoms. The molecule has 0 amide bonds. The third-order valence-electron chi connectivity index (χ3n) is 3.10. The topological polar surface area (TPSA) is 26.0 Å². The molecule has 0 radical (unpaired) electrons. The molecule has 3 atom stereocenters. The molecule has 3 unspecified atom stereocenters. The van der Waals surface area contributed by atoms with Crippen LogP contribution in [-0.2, 0) is 0 Å². The standard InChI is InChI=1S/C10H21N/c1-8-6-4-3-5-7-10(8)9(2)11/h8-10H,3-7,11H2,1-2H3. The molecule has 0 aromatic heterocycles. The average molecular weight is 155 g/mol. The van der Waals surface area contributed by atoms with Crippen molar-refractivity contribution in [1.29, 1.82) is 0 Å². The van der Waals surface area contributed by atoms with E-state index in [9.17, 15) is 0 Å². The minimum atomic E-state index is 0.406. The van der Waals surface area contributed by atoms with Gasteiger partial charge in [0.25, 0.3) is 0 Å². The molecule has 0 spiro atoms. The van der Waals surface area contributed by atoms with E-state index < -0.39 is 0 Å². The van der Waals surface area contributed by atoms with Crippen molar-refractivity contribution in [2.75, 3.05) is 0 Å². The molecule has 1 fully saturated rings. The second-order valence-corrected chi connectivity index (χ2v) is 4.14. The van der Waals surface area contributed by atoms with E-state index in [1.165, 1.54) is 32.1 Å². The predicted molar refractivity (Wildman–Crippen MR) is 49.4 cm³/mol. The first kappa shape index (κ1) is 9.05. The van der Waals surface area contributed by atoms with Gasteiger partial charge < -0.3 is 5.73 Å². The van der Waals surface area contributed by atoms with Gasteiger partial charge in [0.15, 0.2) is 0 Å². The average Bonchev–Trinajstić information content (AvgIpc) is 2.13. The third kappa shape index (κ3) is 2.48. The van der Waals surface area contributed by atoms with Crippen molar-refractivity contribution in [2.24, 2.45) is 17.6 Å². The van der Waals surface area contributed by atoms with E-state index >= 15 is 0 Å². The van der Waals surface area contributed by atoms with Crippen LogP contribution in [0.25, 0.3) is 0 Å². The highest BCUT2D eigenvalue weighted by molar-refractivity contribution is 4.76. The summed E-state index contributed by atoms with van der Waals surface area (Å²) >= 11 is 0. The SMILES string of the molecule is CC(N)C1CCCCCC1C. The van der Waals surface area contributed by atoms with Crippen LogP contribution in [0.5, 0.6) is 0 Å². The Morgan fingerprint density at radius 2 is 1.82 bits per heavy atom. The summed E-state index contributed by atoms with van der Waals surface area (Å²) in [5.41, 5.74) is 5.93. The van der Waals surface area contributed by atoms with Crippen molar-refractivity contribution in [3.63, 3.8) is 0 Å².